The lowest BCUT2D eigenvalue weighted by atomic mass is 9.91. The molecule has 41 heavy (non-hydrogen) atoms. The highest BCUT2D eigenvalue weighted by Crippen LogP contribution is 2.21. The zero-order valence-electron chi connectivity index (χ0n) is 22.7. The molecule has 8 nitrogen and oxygen atoms in total. The lowest BCUT2D eigenvalue weighted by Crippen LogP contribution is -2.61. The molecule has 0 bridgehead atoms. The zero-order chi connectivity index (χ0) is 28.8. The van der Waals surface area contributed by atoms with Crippen LogP contribution in [0, 0.1) is 0 Å². The van der Waals surface area contributed by atoms with Gasteiger partial charge in [0.2, 0.25) is 5.91 Å². The summed E-state index contributed by atoms with van der Waals surface area (Å²) in [6.07, 6.45) is 1.34. The number of para-hydroxylation sites is 1. The Hall–Kier alpha value is -4.95. The Morgan fingerprint density at radius 1 is 0.854 bits per heavy atom. The van der Waals surface area contributed by atoms with E-state index < -0.39 is 29.5 Å². The van der Waals surface area contributed by atoms with Crippen LogP contribution in [0.5, 0.6) is 0 Å². The van der Waals surface area contributed by atoms with Crippen LogP contribution in [0.2, 0.25) is 0 Å². The van der Waals surface area contributed by atoms with E-state index in [0.29, 0.717) is 0 Å². The maximum Gasteiger partial charge on any atom is 0.414 e. The molecule has 8 heteroatoms. The summed E-state index contributed by atoms with van der Waals surface area (Å²) in [5, 5.41) is 8.08. The number of alkyl carbamates (subject to hydrolysis) is 1. The van der Waals surface area contributed by atoms with E-state index in [9.17, 15) is 14.4 Å². The van der Waals surface area contributed by atoms with Crippen LogP contribution < -0.4 is 16.4 Å². The van der Waals surface area contributed by atoms with Gasteiger partial charge in [-0.05, 0) is 46.9 Å². The summed E-state index contributed by atoms with van der Waals surface area (Å²) in [5.41, 5.74) is 8.30. The van der Waals surface area contributed by atoms with Crippen LogP contribution in [-0.4, -0.2) is 34.5 Å². The van der Waals surface area contributed by atoms with Crippen molar-refractivity contribution in [2.45, 2.75) is 38.0 Å². The third-order valence-corrected chi connectivity index (χ3v) is 7.21. The second-order valence-electron chi connectivity index (χ2n) is 10.3. The molecule has 0 radical (unpaired) electrons. The molecule has 0 aliphatic rings. The number of rotatable bonds is 9. The van der Waals surface area contributed by atoms with Crippen molar-refractivity contribution in [1.82, 2.24) is 15.6 Å². The second kappa shape index (κ2) is 12.1. The highest BCUT2D eigenvalue weighted by atomic mass is 16.5. The quantitative estimate of drug-likeness (QED) is 0.211. The number of nitrogens with two attached hydrogens (primary N) is 1. The molecular weight excluding hydrogens is 516 g/mol. The van der Waals surface area contributed by atoms with E-state index in [1.54, 1.807) is 6.92 Å². The average Bonchev–Trinajstić information content (AvgIpc) is 3.39. The van der Waals surface area contributed by atoms with Crippen LogP contribution in [0.1, 0.15) is 23.6 Å². The smallest absolute Gasteiger partial charge is 0.414 e. The number of hydrogen-bond donors (Lipinski definition) is 4. The van der Waals surface area contributed by atoms with Crippen LogP contribution in [0.3, 0.4) is 0 Å². The highest BCUT2D eigenvalue weighted by molar-refractivity contribution is 6.00. The zero-order valence-corrected chi connectivity index (χ0v) is 22.7. The molecule has 1 heterocycles. The van der Waals surface area contributed by atoms with Crippen LogP contribution in [0.4, 0.5) is 4.79 Å². The molecule has 5 aromatic rings. The normalized spacial score (nSPS) is 13.3. The third-order valence-electron chi connectivity index (χ3n) is 7.21. The van der Waals surface area contributed by atoms with Gasteiger partial charge in [0.15, 0.2) is 0 Å². The van der Waals surface area contributed by atoms with Gasteiger partial charge in [0.25, 0.3) is 5.91 Å². The van der Waals surface area contributed by atoms with Gasteiger partial charge < -0.3 is 20.8 Å². The first-order valence-electron chi connectivity index (χ1n) is 13.4. The van der Waals surface area contributed by atoms with E-state index in [1.165, 1.54) is 0 Å². The average molecular weight is 549 g/mol. The number of carbonyl (C=O) groups excluding carboxylic acids is 3. The van der Waals surface area contributed by atoms with Crippen molar-refractivity contribution in [3.05, 3.63) is 120 Å². The van der Waals surface area contributed by atoms with Crippen molar-refractivity contribution in [2.24, 2.45) is 5.73 Å². The van der Waals surface area contributed by atoms with Gasteiger partial charge in [0.1, 0.15) is 12.1 Å². The molecular formula is C33H32N4O4. The maximum atomic E-state index is 13.5. The molecule has 0 saturated carbocycles. The fraction of sp³-hybridized carbons (Fsp3) is 0.182. The minimum absolute atomic E-state index is 0.0162. The molecule has 0 spiro atoms. The summed E-state index contributed by atoms with van der Waals surface area (Å²) < 4.78 is 5.40. The van der Waals surface area contributed by atoms with Crippen molar-refractivity contribution >= 4 is 39.6 Å². The Labute approximate surface area is 237 Å². The molecule has 1 unspecified atom stereocenters. The number of hydrogen-bond acceptors (Lipinski definition) is 5. The van der Waals surface area contributed by atoms with Crippen LogP contribution >= 0.6 is 0 Å². The van der Waals surface area contributed by atoms with Crippen molar-refractivity contribution in [3.63, 3.8) is 0 Å². The van der Waals surface area contributed by atoms with Crippen LogP contribution in [0.25, 0.3) is 21.7 Å². The van der Waals surface area contributed by atoms with E-state index in [1.807, 2.05) is 103 Å². The van der Waals surface area contributed by atoms with E-state index >= 15 is 0 Å². The minimum atomic E-state index is -1.48. The summed E-state index contributed by atoms with van der Waals surface area (Å²) >= 11 is 0. The van der Waals surface area contributed by atoms with Crippen LogP contribution in [0.15, 0.2) is 103 Å². The molecule has 4 aromatic carbocycles. The van der Waals surface area contributed by atoms with E-state index in [4.69, 9.17) is 10.5 Å². The summed E-state index contributed by atoms with van der Waals surface area (Å²) in [6, 6.07) is 29.6. The molecule has 0 saturated heterocycles. The first-order valence-corrected chi connectivity index (χ1v) is 13.4. The predicted molar refractivity (Wildman–Crippen MR) is 159 cm³/mol. The summed E-state index contributed by atoms with van der Waals surface area (Å²) in [7, 11) is 0. The lowest BCUT2D eigenvalue weighted by Gasteiger charge is -2.30. The fourth-order valence-electron chi connectivity index (χ4n) is 5.01. The SMILES string of the molecule is CC(Cc1ccccc1)(NC(=O)[C@@H](N)Cc1c[nH]c2ccccc12)C(=O)NC(=O)OCc1cccc2ccccc12. The number of aromatic amines is 1. The number of imide groups is 1. The Bertz CT molecular complexity index is 1690. The largest absolute Gasteiger partial charge is 0.444 e. The Morgan fingerprint density at radius 2 is 1.54 bits per heavy atom. The van der Waals surface area contributed by atoms with E-state index in [2.05, 4.69) is 15.6 Å². The predicted octanol–water partition coefficient (Wildman–Crippen LogP) is 4.76. The number of fused-ring (bicyclic) bond motifs is 2. The number of nitrogens with one attached hydrogen (secondary N) is 3. The highest BCUT2D eigenvalue weighted by Gasteiger charge is 2.37. The number of carbonyl (C=O) groups is 3. The lowest BCUT2D eigenvalue weighted by molar-refractivity contribution is -0.133. The third kappa shape index (κ3) is 6.45. The molecule has 208 valence electrons. The summed E-state index contributed by atoms with van der Waals surface area (Å²) in [5.74, 6) is -1.20. The molecule has 5 N–H and O–H groups in total. The second-order valence-corrected chi connectivity index (χ2v) is 10.3. The van der Waals surface area contributed by atoms with Gasteiger partial charge in [-0.3, -0.25) is 14.9 Å². The Kier molecular flexibility index (Phi) is 8.12. The summed E-state index contributed by atoms with van der Waals surface area (Å²) in [6.45, 7) is 1.56. The van der Waals surface area contributed by atoms with Crippen molar-refractivity contribution in [1.29, 1.82) is 0 Å². The molecule has 1 aromatic heterocycles. The standard InChI is InChI=1S/C33H32N4O4/c1-33(19-22-10-3-2-4-11-22,37-30(38)28(34)18-25-20-35-29-17-8-7-16-27(25)29)31(39)36-32(40)41-21-24-14-9-13-23-12-5-6-15-26(23)24/h2-17,20,28,35H,18-19,21,34H2,1H3,(H,37,38)(H,36,39,40)/t28-,33?/m0/s1. The first kappa shape index (κ1) is 27.6. The topological polar surface area (TPSA) is 126 Å². The Balaban J connectivity index is 1.28. The number of aromatic nitrogens is 1. The van der Waals surface area contributed by atoms with Crippen molar-refractivity contribution in [2.75, 3.05) is 0 Å². The van der Waals surface area contributed by atoms with Gasteiger partial charge in [0, 0.05) is 23.5 Å². The van der Waals surface area contributed by atoms with Gasteiger partial charge in [-0.2, -0.15) is 0 Å². The number of H-pyrrole nitrogens is 1. The van der Waals surface area contributed by atoms with Gasteiger partial charge >= 0.3 is 6.09 Å². The van der Waals surface area contributed by atoms with Gasteiger partial charge in [-0.1, -0.05) is 91.0 Å². The minimum Gasteiger partial charge on any atom is -0.444 e. The van der Waals surface area contributed by atoms with Crippen molar-refractivity contribution in [3.8, 4) is 0 Å². The van der Waals surface area contributed by atoms with Gasteiger partial charge in [-0.25, -0.2) is 4.79 Å². The molecule has 2 atom stereocenters. The molecule has 0 aliphatic heterocycles. The molecule has 0 fully saturated rings. The Morgan fingerprint density at radius 3 is 2.34 bits per heavy atom. The van der Waals surface area contributed by atoms with Gasteiger partial charge in [0.05, 0.1) is 6.04 Å². The van der Waals surface area contributed by atoms with Crippen LogP contribution in [-0.2, 0) is 33.8 Å². The number of amides is 3. The van der Waals surface area contributed by atoms with Crippen molar-refractivity contribution < 1.29 is 19.1 Å². The number of ether oxygens (including phenoxy) is 1. The fourth-order valence-corrected chi connectivity index (χ4v) is 5.01. The number of benzene rings is 4. The molecule has 0 aliphatic carbocycles. The van der Waals surface area contributed by atoms with E-state index in [0.717, 1.165) is 38.4 Å². The van der Waals surface area contributed by atoms with E-state index in [-0.39, 0.29) is 19.4 Å². The first-order chi connectivity index (χ1) is 19.8. The molecule has 3 amide bonds. The molecule has 5 rings (SSSR count). The van der Waals surface area contributed by atoms with Gasteiger partial charge in [-0.15, -0.1) is 0 Å². The maximum absolute atomic E-state index is 13.5. The monoisotopic (exact) mass is 548 g/mol. The summed E-state index contributed by atoms with van der Waals surface area (Å²) in [4.78, 5) is 42.7.